The molecule has 0 saturated heterocycles. The topological polar surface area (TPSA) is 76.4 Å². The molecule has 0 aromatic rings. The maximum absolute atomic E-state index is 11.4. The molecule has 0 bridgehead atoms. The van der Waals surface area contributed by atoms with Crippen LogP contribution < -0.4 is 16.4 Å². The van der Waals surface area contributed by atoms with Gasteiger partial charge in [-0.3, -0.25) is 0 Å². The van der Waals surface area contributed by atoms with Crippen molar-refractivity contribution in [1.29, 1.82) is 0 Å². The predicted molar refractivity (Wildman–Crippen MR) is 73.1 cm³/mol. The van der Waals surface area contributed by atoms with Crippen molar-refractivity contribution in [2.75, 3.05) is 19.6 Å². The van der Waals surface area contributed by atoms with Crippen LogP contribution in [0.4, 0.5) is 4.79 Å². The van der Waals surface area contributed by atoms with Crippen LogP contribution in [0.5, 0.6) is 0 Å². The number of nitrogens with one attached hydrogen (secondary N) is 2. The van der Waals surface area contributed by atoms with Gasteiger partial charge in [0.15, 0.2) is 0 Å². The molecular formula is C13H25N3O2. The van der Waals surface area contributed by atoms with E-state index in [0.717, 1.165) is 13.0 Å². The molecule has 4 N–H and O–H groups in total. The lowest BCUT2D eigenvalue weighted by molar-refractivity contribution is 0.0523. The second-order valence-corrected chi connectivity index (χ2v) is 4.95. The molecule has 0 aromatic heterocycles. The van der Waals surface area contributed by atoms with Gasteiger partial charge in [0.2, 0.25) is 0 Å². The molecule has 1 amide bonds. The highest BCUT2D eigenvalue weighted by atomic mass is 16.6. The van der Waals surface area contributed by atoms with Crippen LogP contribution in [0.3, 0.4) is 0 Å². The molecule has 0 aromatic carbocycles. The molecule has 0 saturated carbocycles. The number of amides is 1. The van der Waals surface area contributed by atoms with Crippen LogP contribution in [-0.2, 0) is 4.74 Å². The standard InChI is InChI=1S/C13H25N3O2/c1-5-6-7-8-15-11(9-14)10-16-12(17)18-13(2,3)4/h11,15H,7-10,14H2,1-4H3,(H,16,17). The van der Waals surface area contributed by atoms with Gasteiger partial charge in [0.1, 0.15) is 5.60 Å². The maximum Gasteiger partial charge on any atom is 0.407 e. The first-order valence-corrected chi connectivity index (χ1v) is 6.19. The van der Waals surface area contributed by atoms with Crippen molar-refractivity contribution in [1.82, 2.24) is 10.6 Å². The van der Waals surface area contributed by atoms with E-state index in [4.69, 9.17) is 10.5 Å². The molecule has 1 atom stereocenters. The summed E-state index contributed by atoms with van der Waals surface area (Å²) in [6.45, 7) is 8.96. The van der Waals surface area contributed by atoms with E-state index in [2.05, 4.69) is 22.5 Å². The molecule has 0 spiro atoms. The Morgan fingerprint density at radius 3 is 2.61 bits per heavy atom. The predicted octanol–water partition coefficient (Wildman–Crippen LogP) is 0.841. The van der Waals surface area contributed by atoms with Crippen molar-refractivity contribution in [3.63, 3.8) is 0 Å². The fraction of sp³-hybridized carbons (Fsp3) is 0.769. The Hall–Kier alpha value is -1.25. The third kappa shape index (κ3) is 9.94. The van der Waals surface area contributed by atoms with Crippen molar-refractivity contribution in [2.24, 2.45) is 5.73 Å². The molecule has 18 heavy (non-hydrogen) atoms. The SMILES string of the molecule is CC#CCCNC(CN)CNC(=O)OC(C)(C)C. The summed E-state index contributed by atoms with van der Waals surface area (Å²) in [6.07, 6.45) is 0.357. The highest BCUT2D eigenvalue weighted by Crippen LogP contribution is 2.06. The summed E-state index contributed by atoms with van der Waals surface area (Å²) in [4.78, 5) is 11.4. The third-order valence-electron chi connectivity index (χ3n) is 2.04. The number of carbonyl (C=O) groups excluding carboxylic acids is 1. The average molecular weight is 255 g/mol. The number of nitrogens with two attached hydrogens (primary N) is 1. The third-order valence-corrected chi connectivity index (χ3v) is 2.04. The van der Waals surface area contributed by atoms with Gasteiger partial charge in [0.05, 0.1) is 0 Å². The second-order valence-electron chi connectivity index (χ2n) is 4.95. The molecule has 0 rings (SSSR count). The van der Waals surface area contributed by atoms with Crippen LogP contribution in [0.2, 0.25) is 0 Å². The quantitative estimate of drug-likeness (QED) is 0.485. The molecule has 104 valence electrons. The molecule has 0 aliphatic heterocycles. The highest BCUT2D eigenvalue weighted by molar-refractivity contribution is 5.67. The van der Waals surface area contributed by atoms with Crippen LogP contribution in [0.25, 0.3) is 0 Å². The first-order valence-electron chi connectivity index (χ1n) is 6.19. The van der Waals surface area contributed by atoms with Crippen molar-refractivity contribution in [3.8, 4) is 11.8 Å². The normalized spacial score (nSPS) is 12.3. The minimum Gasteiger partial charge on any atom is -0.444 e. The molecule has 0 radical (unpaired) electrons. The van der Waals surface area contributed by atoms with E-state index in [9.17, 15) is 4.79 Å². The molecule has 5 nitrogen and oxygen atoms in total. The fourth-order valence-electron chi connectivity index (χ4n) is 1.22. The largest absolute Gasteiger partial charge is 0.444 e. The number of rotatable bonds is 6. The Labute approximate surface area is 110 Å². The van der Waals surface area contributed by atoms with E-state index in [0.29, 0.717) is 13.1 Å². The second kappa shape index (κ2) is 8.78. The number of hydrogen-bond acceptors (Lipinski definition) is 4. The van der Waals surface area contributed by atoms with Crippen molar-refractivity contribution in [2.45, 2.75) is 45.8 Å². The summed E-state index contributed by atoms with van der Waals surface area (Å²) < 4.78 is 5.13. The smallest absolute Gasteiger partial charge is 0.407 e. The first-order chi connectivity index (χ1) is 8.39. The Bertz CT molecular complexity index is 300. The number of carbonyl (C=O) groups is 1. The van der Waals surface area contributed by atoms with Crippen molar-refractivity contribution >= 4 is 6.09 Å². The summed E-state index contributed by atoms with van der Waals surface area (Å²) in [7, 11) is 0. The zero-order chi connectivity index (χ0) is 14.0. The maximum atomic E-state index is 11.4. The molecule has 1 unspecified atom stereocenters. The van der Waals surface area contributed by atoms with E-state index >= 15 is 0 Å². The van der Waals surface area contributed by atoms with Crippen molar-refractivity contribution < 1.29 is 9.53 Å². The molecule has 0 heterocycles. The van der Waals surface area contributed by atoms with Gasteiger partial charge >= 0.3 is 6.09 Å². The number of hydrogen-bond donors (Lipinski definition) is 3. The lowest BCUT2D eigenvalue weighted by Gasteiger charge is -2.21. The average Bonchev–Trinajstić information content (AvgIpc) is 2.26. The van der Waals surface area contributed by atoms with Crippen LogP contribution in [0.1, 0.15) is 34.1 Å². The van der Waals surface area contributed by atoms with Crippen molar-refractivity contribution in [3.05, 3.63) is 0 Å². The van der Waals surface area contributed by atoms with E-state index in [-0.39, 0.29) is 6.04 Å². The molecule has 0 fully saturated rings. The van der Waals surface area contributed by atoms with Crippen LogP contribution >= 0.6 is 0 Å². The summed E-state index contributed by atoms with van der Waals surface area (Å²) in [5.74, 6) is 5.78. The first kappa shape index (κ1) is 16.8. The zero-order valence-corrected chi connectivity index (χ0v) is 11.8. The minimum absolute atomic E-state index is 0.0381. The van der Waals surface area contributed by atoms with Gasteiger partial charge in [-0.2, -0.15) is 0 Å². The fourth-order valence-corrected chi connectivity index (χ4v) is 1.22. The molecule has 0 aliphatic carbocycles. The van der Waals surface area contributed by atoms with Gasteiger partial charge in [0.25, 0.3) is 0 Å². The summed E-state index contributed by atoms with van der Waals surface area (Å²) in [6, 6.07) is 0.0381. The minimum atomic E-state index is -0.480. The highest BCUT2D eigenvalue weighted by Gasteiger charge is 2.16. The van der Waals surface area contributed by atoms with E-state index < -0.39 is 11.7 Å². The van der Waals surface area contributed by atoms with Gasteiger partial charge < -0.3 is 21.1 Å². The molecular weight excluding hydrogens is 230 g/mol. The zero-order valence-electron chi connectivity index (χ0n) is 11.8. The van der Waals surface area contributed by atoms with Gasteiger partial charge in [-0.1, -0.05) is 0 Å². The summed E-state index contributed by atoms with van der Waals surface area (Å²) >= 11 is 0. The van der Waals surface area contributed by atoms with Crippen LogP contribution in [0.15, 0.2) is 0 Å². The van der Waals surface area contributed by atoms with Crippen LogP contribution in [-0.4, -0.2) is 37.4 Å². The lowest BCUT2D eigenvalue weighted by Crippen LogP contribution is -2.46. The molecule has 5 heteroatoms. The van der Waals surface area contributed by atoms with E-state index in [1.54, 1.807) is 0 Å². The summed E-state index contributed by atoms with van der Waals surface area (Å²) in [5, 5.41) is 5.92. The lowest BCUT2D eigenvalue weighted by atomic mass is 10.2. The van der Waals surface area contributed by atoms with Gasteiger partial charge in [-0.05, 0) is 27.7 Å². The number of ether oxygens (including phenoxy) is 1. The van der Waals surface area contributed by atoms with E-state index in [1.807, 2.05) is 27.7 Å². The van der Waals surface area contributed by atoms with Gasteiger partial charge in [-0.25, -0.2) is 4.79 Å². The Kier molecular flexibility index (Phi) is 8.17. The monoisotopic (exact) mass is 255 g/mol. The van der Waals surface area contributed by atoms with Crippen LogP contribution in [0, 0.1) is 11.8 Å². The van der Waals surface area contributed by atoms with Gasteiger partial charge in [-0.15, -0.1) is 11.8 Å². The number of alkyl carbamates (subject to hydrolysis) is 1. The Morgan fingerprint density at radius 1 is 1.44 bits per heavy atom. The Morgan fingerprint density at radius 2 is 2.11 bits per heavy atom. The molecule has 0 aliphatic rings. The van der Waals surface area contributed by atoms with Gasteiger partial charge in [0, 0.05) is 32.1 Å². The Balaban J connectivity index is 3.84. The summed E-state index contributed by atoms with van der Waals surface area (Å²) in [5.41, 5.74) is 5.13. The van der Waals surface area contributed by atoms with E-state index in [1.165, 1.54) is 0 Å².